The smallest absolute Gasteiger partial charge is 0.260 e. The van der Waals surface area contributed by atoms with Gasteiger partial charge in [-0.1, -0.05) is 17.7 Å². The average Bonchev–Trinajstić information content (AvgIpc) is 2.48. The van der Waals surface area contributed by atoms with E-state index in [9.17, 15) is 4.79 Å². The molecule has 0 unspecified atom stereocenters. The van der Waals surface area contributed by atoms with Gasteiger partial charge in [-0.2, -0.15) is 0 Å². The van der Waals surface area contributed by atoms with Gasteiger partial charge in [-0.3, -0.25) is 9.78 Å². The number of aryl methyl sites for hydroxylation is 3. The summed E-state index contributed by atoms with van der Waals surface area (Å²) in [5.41, 5.74) is 11.1. The van der Waals surface area contributed by atoms with Crippen LogP contribution in [0.15, 0.2) is 30.5 Å². The quantitative estimate of drug-likeness (QED) is 0.874. The maximum absolute atomic E-state index is 12.9. The van der Waals surface area contributed by atoms with E-state index in [4.69, 9.17) is 5.73 Å². The average molecular weight is 281 g/mol. The maximum atomic E-state index is 12.9. The van der Waals surface area contributed by atoms with Crippen molar-refractivity contribution in [2.24, 2.45) is 0 Å². The van der Waals surface area contributed by atoms with Crippen LogP contribution in [-0.2, 0) is 6.42 Å². The highest BCUT2D eigenvalue weighted by molar-refractivity contribution is 6.07. The third kappa shape index (κ3) is 2.49. The third-order valence-electron chi connectivity index (χ3n) is 3.94. The number of hydrogen-bond donors (Lipinski definition) is 1. The van der Waals surface area contributed by atoms with E-state index in [0.29, 0.717) is 16.9 Å². The summed E-state index contributed by atoms with van der Waals surface area (Å²) < 4.78 is 0. The van der Waals surface area contributed by atoms with Crippen LogP contribution in [0, 0.1) is 13.8 Å². The number of rotatable bonds is 1. The van der Waals surface area contributed by atoms with Crippen LogP contribution in [0.4, 0.5) is 11.4 Å². The van der Waals surface area contributed by atoms with Gasteiger partial charge in [0.2, 0.25) is 0 Å². The van der Waals surface area contributed by atoms with Gasteiger partial charge in [-0.05, 0) is 44.4 Å². The van der Waals surface area contributed by atoms with Gasteiger partial charge >= 0.3 is 0 Å². The molecule has 0 saturated carbocycles. The number of anilines is 2. The second-order valence-electron chi connectivity index (χ2n) is 5.59. The van der Waals surface area contributed by atoms with E-state index in [1.807, 2.05) is 17.9 Å². The highest BCUT2D eigenvalue weighted by Crippen LogP contribution is 2.29. The fourth-order valence-corrected chi connectivity index (χ4v) is 2.85. The Bertz CT molecular complexity index is 709. The van der Waals surface area contributed by atoms with Gasteiger partial charge in [0.1, 0.15) is 0 Å². The largest absolute Gasteiger partial charge is 0.397 e. The van der Waals surface area contributed by atoms with Crippen LogP contribution in [0.5, 0.6) is 0 Å². The predicted octanol–water partition coefficient (Wildman–Crippen LogP) is 2.87. The minimum Gasteiger partial charge on any atom is -0.397 e. The molecular weight excluding hydrogens is 262 g/mol. The highest BCUT2D eigenvalue weighted by atomic mass is 16.2. The SMILES string of the molecule is Cc1ccc2c(c1)CCCN2C(=O)c1cc(N)cnc1C. The summed E-state index contributed by atoms with van der Waals surface area (Å²) in [6.45, 7) is 4.66. The molecule has 4 heteroatoms. The Morgan fingerprint density at radius 3 is 2.90 bits per heavy atom. The minimum absolute atomic E-state index is 0.0166. The monoisotopic (exact) mass is 281 g/mol. The molecule has 1 aromatic heterocycles. The second-order valence-corrected chi connectivity index (χ2v) is 5.59. The summed E-state index contributed by atoms with van der Waals surface area (Å²) >= 11 is 0. The number of nitrogens with two attached hydrogens (primary N) is 1. The van der Waals surface area contributed by atoms with E-state index in [1.54, 1.807) is 12.3 Å². The molecule has 1 aromatic carbocycles. The van der Waals surface area contributed by atoms with Crippen molar-refractivity contribution in [3.05, 3.63) is 52.8 Å². The fourth-order valence-electron chi connectivity index (χ4n) is 2.85. The van der Waals surface area contributed by atoms with Crippen molar-refractivity contribution < 1.29 is 4.79 Å². The summed E-state index contributed by atoms with van der Waals surface area (Å²) in [6.07, 6.45) is 3.59. The topological polar surface area (TPSA) is 59.2 Å². The van der Waals surface area contributed by atoms with E-state index in [1.165, 1.54) is 11.1 Å². The van der Waals surface area contributed by atoms with E-state index in [2.05, 4.69) is 24.0 Å². The highest BCUT2D eigenvalue weighted by Gasteiger charge is 2.25. The molecule has 2 N–H and O–H groups in total. The molecule has 2 heterocycles. The second kappa shape index (κ2) is 5.20. The molecule has 1 aliphatic heterocycles. The van der Waals surface area contributed by atoms with Gasteiger partial charge in [0.15, 0.2) is 0 Å². The number of benzene rings is 1. The van der Waals surface area contributed by atoms with Crippen LogP contribution in [-0.4, -0.2) is 17.4 Å². The predicted molar refractivity (Wildman–Crippen MR) is 84.6 cm³/mol. The summed E-state index contributed by atoms with van der Waals surface area (Å²) in [5.74, 6) is -0.0166. The molecule has 3 rings (SSSR count). The van der Waals surface area contributed by atoms with Crippen molar-refractivity contribution in [3.63, 3.8) is 0 Å². The molecule has 0 atom stereocenters. The standard InChI is InChI=1S/C17H19N3O/c1-11-5-6-16-13(8-11)4-3-7-20(16)17(21)15-9-14(18)10-19-12(15)2/h5-6,8-10H,3-4,7,18H2,1-2H3. The van der Waals surface area contributed by atoms with Gasteiger partial charge in [0.25, 0.3) is 5.91 Å². The van der Waals surface area contributed by atoms with Crippen molar-refractivity contribution in [2.75, 3.05) is 17.2 Å². The van der Waals surface area contributed by atoms with Gasteiger partial charge in [0, 0.05) is 12.2 Å². The van der Waals surface area contributed by atoms with Gasteiger partial charge in [-0.15, -0.1) is 0 Å². The Hall–Kier alpha value is -2.36. The van der Waals surface area contributed by atoms with Gasteiger partial charge < -0.3 is 10.6 Å². The number of nitrogens with zero attached hydrogens (tertiary/aromatic N) is 2. The summed E-state index contributed by atoms with van der Waals surface area (Å²) in [4.78, 5) is 18.9. The normalized spacial score (nSPS) is 13.9. The molecule has 0 spiro atoms. The first-order chi connectivity index (χ1) is 10.1. The number of fused-ring (bicyclic) bond motifs is 1. The van der Waals surface area contributed by atoms with Crippen LogP contribution in [0.25, 0.3) is 0 Å². The van der Waals surface area contributed by atoms with E-state index >= 15 is 0 Å². The zero-order valence-electron chi connectivity index (χ0n) is 12.4. The van der Waals surface area contributed by atoms with Crippen LogP contribution >= 0.6 is 0 Å². The number of nitrogen functional groups attached to an aromatic ring is 1. The lowest BCUT2D eigenvalue weighted by molar-refractivity contribution is 0.0984. The first-order valence-corrected chi connectivity index (χ1v) is 7.20. The van der Waals surface area contributed by atoms with Crippen LogP contribution in [0.1, 0.15) is 33.6 Å². The van der Waals surface area contributed by atoms with Crippen LogP contribution in [0.2, 0.25) is 0 Å². The van der Waals surface area contributed by atoms with Crippen molar-refractivity contribution >= 4 is 17.3 Å². The summed E-state index contributed by atoms with van der Waals surface area (Å²) in [6, 6.07) is 7.97. The molecule has 0 radical (unpaired) electrons. The molecule has 0 fully saturated rings. The molecule has 1 aliphatic rings. The zero-order valence-corrected chi connectivity index (χ0v) is 12.4. The first kappa shape index (κ1) is 13.6. The Balaban J connectivity index is 2.02. The van der Waals surface area contributed by atoms with E-state index < -0.39 is 0 Å². The van der Waals surface area contributed by atoms with E-state index in [-0.39, 0.29) is 5.91 Å². The fraction of sp³-hybridized carbons (Fsp3) is 0.294. The Morgan fingerprint density at radius 1 is 1.29 bits per heavy atom. The lowest BCUT2D eigenvalue weighted by atomic mass is 9.98. The molecule has 1 amide bonds. The number of carbonyl (C=O) groups excluding carboxylic acids is 1. The molecule has 4 nitrogen and oxygen atoms in total. The third-order valence-corrected chi connectivity index (χ3v) is 3.94. The Morgan fingerprint density at radius 2 is 2.10 bits per heavy atom. The van der Waals surface area contributed by atoms with Crippen molar-refractivity contribution in [1.29, 1.82) is 0 Å². The van der Waals surface area contributed by atoms with Crippen LogP contribution in [0.3, 0.4) is 0 Å². The molecule has 2 aromatic rings. The summed E-state index contributed by atoms with van der Waals surface area (Å²) in [7, 11) is 0. The Labute approximate surface area is 124 Å². The molecule has 21 heavy (non-hydrogen) atoms. The number of carbonyl (C=O) groups is 1. The minimum atomic E-state index is -0.0166. The summed E-state index contributed by atoms with van der Waals surface area (Å²) in [5, 5.41) is 0. The molecular formula is C17H19N3O. The number of amides is 1. The van der Waals surface area contributed by atoms with E-state index in [0.717, 1.165) is 25.1 Å². The van der Waals surface area contributed by atoms with Gasteiger partial charge in [-0.25, -0.2) is 0 Å². The number of pyridine rings is 1. The molecule has 0 aliphatic carbocycles. The molecule has 108 valence electrons. The number of aromatic nitrogens is 1. The van der Waals surface area contributed by atoms with Crippen molar-refractivity contribution in [1.82, 2.24) is 4.98 Å². The lowest BCUT2D eigenvalue weighted by Crippen LogP contribution is -2.36. The van der Waals surface area contributed by atoms with Gasteiger partial charge in [0.05, 0.1) is 23.1 Å². The zero-order chi connectivity index (χ0) is 15.0. The first-order valence-electron chi connectivity index (χ1n) is 7.20. The number of hydrogen-bond acceptors (Lipinski definition) is 3. The van der Waals surface area contributed by atoms with Crippen molar-refractivity contribution in [2.45, 2.75) is 26.7 Å². The lowest BCUT2D eigenvalue weighted by Gasteiger charge is -2.30. The van der Waals surface area contributed by atoms with Crippen LogP contribution < -0.4 is 10.6 Å². The maximum Gasteiger partial charge on any atom is 0.260 e. The Kier molecular flexibility index (Phi) is 3.37. The molecule has 0 saturated heterocycles. The van der Waals surface area contributed by atoms with Crippen molar-refractivity contribution in [3.8, 4) is 0 Å². The molecule has 0 bridgehead atoms.